The van der Waals surface area contributed by atoms with Crippen molar-refractivity contribution in [2.45, 2.75) is 38.5 Å². The van der Waals surface area contributed by atoms with Crippen molar-refractivity contribution in [3.8, 4) is 5.75 Å². The fourth-order valence-electron chi connectivity index (χ4n) is 3.20. The highest BCUT2D eigenvalue weighted by molar-refractivity contribution is 5.86. The molecule has 0 aliphatic heterocycles. The first-order chi connectivity index (χ1) is 10.3. The van der Waals surface area contributed by atoms with Gasteiger partial charge in [-0.1, -0.05) is 6.92 Å². The van der Waals surface area contributed by atoms with Gasteiger partial charge < -0.3 is 14.9 Å². The number of ether oxygens (including phenoxy) is 1. The second kappa shape index (κ2) is 6.13. The SMILES string of the molecule is CCc1cc2c([C@H]3C[C@@H]3CN)c(OCC3CC3)ccc2o1.Cl. The molecule has 4 heteroatoms. The number of furan rings is 1. The van der Waals surface area contributed by atoms with Crippen LogP contribution >= 0.6 is 12.4 Å². The zero-order valence-corrected chi connectivity index (χ0v) is 13.8. The molecule has 0 amide bonds. The summed E-state index contributed by atoms with van der Waals surface area (Å²) in [5, 5.41) is 1.24. The van der Waals surface area contributed by atoms with Crippen LogP contribution in [-0.2, 0) is 6.42 Å². The van der Waals surface area contributed by atoms with Crippen LogP contribution in [0.4, 0.5) is 0 Å². The van der Waals surface area contributed by atoms with Crippen molar-refractivity contribution in [1.29, 1.82) is 0 Å². The van der Waals surface area contributed by atoms with E-state index in [2.05, 4.69) is 25.1 Å². The van der Waals surface area contributed by atoms with E-state index >= 15 is 0 Å². The van der Waals surface area contributed by atoms with Crippen LogP contribution in [0.15, 0.2) is 22.6 Å². The van der Waals surface area contributed by atoms with Crippen LogP contribution < -0.4 is 10.5 Å². The minimum Gasteiger partial charge on any atom is -0.493 e. The van der Waals surface area contributed by atoms with Crippen molar-refractivity contribution < 1.29 is 9.15 Å². The average Bonchev–Trinajstić information content (AvgIpc) is 3.41. The summed E-state index contributed by atoms with van der Waals surface area (Å²) in [7, 11) is 0. The molecule has 120 valence electrons. The van der Waals surface area contributed by atoms with Gasteiger partial charge in [0.05, 0.1) is 6.61 Å². The van der Waals surface area contributed by atoms with Gasteiger partial charge in [0, 0.05) is 17.4 Å². The lowest BCUT2D eigenvalue weighted by Crippen LogP contribution is -2.05. The second-order valence-corrected chi connectivity index (χ2v) is 6.55. The Bertz CT molecular complexity index is 662. The summed E-state index contributed by atoms with van der Waals surface area (Å²) < 4.78 is 12.0. The third-order valence-electron chi connectivity index (χ3n) is 4.87. The molecule has 2 fully saturated rings. The molecular formula is C18H24ClNO2. The standard InChI is InChI=1S/C18H23NO2.ClH/c1-2-13-8-15-16(21-13)5-6-17(20-10-11-3-4-11)18(15)14-7-12(14)9-19;/h5-6,8,11-12,14H,2-4,7,9-10,19H2,1H3;1H/t12-,14+;/m1./s1. The Morgan fingerprint density at radius 2 is 2.14 bits per heavy atom. The minimum absolute atomic E-state index is 0. The summed E-state index contributed by atoms with van der Waals surface area (Å²) in [5.41, 5.74) is 8.18. The van der Waals surface area contributed by atoms with Crippen molar-refractivity contribution >= 4 is 23.4 Å². The first-order valence-corrected chi connectivity index (χ1v) is 8.18. The quantitative estimate of drug-likeness (QED) is 0.864. The number of rotatable bonds is 6. The lowest BCUT2D eigenvalue weighted by atomic mass is 10.0. The Balaban J connectivity index is 0.00000144. The van der Waals surface area contributed by atoms with Crippen LogP contribution in [0.5, 0.6) is 5.75 Å². The smallest absolute Gasteiger partial charge is 0.134 e. The van der Waals surface area contributed by atoms with Crippen LogP contribution in [0.1, 0.15) is 43.4 Å². The predicted molar refractivity (Wildman–Crippen MR) is 91.0 cm³/mol. The van der Waals surface area contributed by atoms with Crippen LogP contribution in [0.25, 0.3) is 11.0 Å². The van der Waals surface area contributed by atoms with E-state index in [1.165, 1.54) is 30.2 Å². The van der Waals surface area contributed by atoms with E-state index in [1.54, 1.807) is 0 Å². The Labute approximate surface area is 137 Å². The van der Waals surface area contributed by atoms with Gasteiger partial charge in [-0.3, -0.25) is 0 Å². The van der Waals surface area contributed by atoms with E-state index in [4.69, 9.17) is 14.9 Å². The van der Waals surface area contributed by atoms with Gasteiger partial charge in [-0.15, -0.1) is 12.4 Å². The molecule has 22 heavy (non-hydrogen) atoms. The van der Waals surface area contributed by atoms with E-state index in [9.17, 15) is 0 Å². The topological polar surface area (TPSA) is 48.4 Å². The highest BCUT2D eigenvalue weighted by Gasteiger charge is 2.40. The van der Waals surface area contributed by atoms with Crippen molar-refractivity contribution in [3.63, 3.8) is 0 Å². The van der Waals surface area contributed by atoms with E-state index in [1.807, 2.05) is 0 Å². The highest BCUT2D eigenvalue weighted by atomic mass is 35.5. The number of fused-ring (bicyclic) bond motifs is 1. The molecule has 2 aromatic rings. The first kappa shape index (κ1) is 15.7. The third-order valence-corrected chi connectivity index (χ3v) is 4.87. The average molecular weight is 322 g/mol. The van der Waals surface area contributed by atoms with Gasteiger partial charge in [-0.25, -0.2) is 0 Å². The van der Waals surface area contributed by atoms with E-state index in [0.717, 1.165) is 42.6 Å². The monoisotopic (exact) mass is 321 g/mol. The number of aryl methyl sites for hydroxylation is 1. The molecule has 0 spiro atoms. The van der Waals surface area contributed by atoms with Crippen molar-refractivity contribution in [2.24, 2.45) is 17.6 Å². The number of nitrogens with two attached hydrogens (primary N) is 1. The van der Waals surface area contributed by atoms with Crippen LogP contribution in [0, 0.1) is 11.8 Å². The molecule has 1 heterocycles. The van der Waals surface area contributed by atoms with Crippen LogP contribution in [0.2, 0.25) is 0 Å². The molecule has 2 N–H and O–H groups in total. The number of hydrogen-bond donors (Lipinski definition) is 1. The molecule has 1 aromatic carbocycles. The predicted octanol–water partition coefficient (Wildman–Crippen LogP) is 4.27. The molecular weight excluding hydrogens is 298 g/mol. The highest BCUT2D eigenvalue weighted by Crippen LogP contribution is 2.52. The van der Waals surface area contributed by atoms with Gasteiger partial charge in [0.15, 0.2) is 0 Å². The first-order valence-electron chi connectivity index (χ1n) is 8.18. The molecule has 2 aliphatic rings. The third kappa shape index (κ3) is 2.84. The largest absolute Gasteiger partial charge is 0.493 e. The molecule has 0 bridgehead atoms. The van der Waals surface area contributed by atoms with E-state index in [0.29, 0.717) is 11.8 Å². The number of hydrogen-bond acceptors (Lipinski definition) is 3. The summed E-state index contributed by atoms with van der Waals surface area (Å²) in [5.74, 6) is 4.04. The fraction of sp³-hybridized carbons (Fsp3) is 0.556. The molecule has 0 unspecified atom stereocenters. The molecule has 4 rings (SSSR count). The normalized spacial score (nSPS) is 23.4. The number of halogens is 1. The zero-order valence-electron chi connectivity index (χ0n) is 13.0. The molecule has 0 radical (unpaired) electrons. The summed E-state index contributed by atoms with van der Waals surface area (Å²) in [6.07, 6.45) is 4.75. The minimum atomic E-state index is 0. The number of benzene rings is 1. The van der Waals surface area contributed by atoms with Crippen LogP contribution in [-0.4, -0.2) is 13.2 Å². The summed E-state index contributed by atoms with van der Waals surface area (Å²) in [6, 6.07) is 6.34. The van der Waals surface area contributed by atoms with Crippen LogP contribution in [0.3, 0.4) is 0 Å². The van der Waals surface area contributed by atoms with E-state index < -0.39 is 0 Å². The van der Waals surface area contributed by atoms with Gasteiger partial charge in [0.25, 0.3) is 0 Å². The molecule has 2 saturated carbocycles. The van der Waals surface area contributed by atoms with E-state index in [-0.39, 0.29) is 12.4 Å². The molecule has 0 saturated heterocycles. The summed E-state index contributed by atoms with van der Waals surface area (Å²) in [4.78, 5) is 0. The van der Waals surface area contributed by atoms with Crippen molar-refractivity contribution in [3.05, 3.63) is 29.5 Å². The Kier molecular flexibility index (Phi) is 4.37. The van der Waals surface area contributed by atoms with Gasteiger partial charge in [-0.2, -0.15) is 0 Å². The molecule has 2 aliphatic carbocycles. The maximum atomic E-state index is 6.12. The Hall–Kier alpha value is -1.19. The maximum absolute atomic E-state index is 6.12. The lowest BCUT2D eigenvalue weighted by molar-refractivity contribution is 0.297. The van der Waals surface area contributed by atoms with Gasteiger partial charge in [0.1, 0.15) is 17.1 Å². The van der Waals surface area contributed by atoms with Crippen molar-refractivity contribution in [1.82, 2.24) is 0 Å². The Morgan fingerprint density at radius 3 is 2.77 bits per heavy atom. The van der Waals surface area contributed by atoms with Gasteiger partial charge in [-0.05, 0) is 61.8 Å². The molecule has 3 nitrogen and oxygen atoms in total. The second-order valence-electron chi connectivity index (χ2n) is 6.55. The maximum Gasteiger partial charge on any atom is 0.134 e. The lowest BCUT2D eigenvalue weighted by Gasteiger charge is -2.12. The Morgan fingerprint density at radius 1 is 1.32 bits per heavy atom. The van der Waals surface area contributed by atoms with Gasteiger partial charge >= 0.3 is 0 Å². The zero-order chi connectivity index (χ0) is 14.4. The summed E-state index contributed by atoms with van der Waals surface area (Å²) >= 11 is 0. The molecule has 1 aromatic heterocycles. The van der Waals surface area contributed by atoms with Crippen molar-refractivity contribution in [2.75, 3.05) is 13.2 Å². The van der Waals surface area contributed by atoms with Gasteiger partial charge in [0.2, 0.25) is 0 Å². The molecule has 2 atom stereocenters. The summed E-state index contributed by atoms with van der Waals surface area (Å²) in [6.45, 7) is 3.75. The fourth-order valence-corrected chi connectivity index (χ4v) is 3.20.